The van der Waals surface area contributed by atoms with Gasteiger partial charge in [0.05, 0.1) is 10.6 Å². The minimum Gasteiger partial charge on any atom is -0.339 e. The number of rotatable bonds is 4. The van der Waals surface area contributed by atoms with Crippen LogP contribution in [-0.4, -0.2) is 18.6 Å². The zero-order valence-corrected chi connectivity index (χ0v) is 14.4. The Labute approximate surface area is 140 Å². The predicted molar refractivity (Wildman–Crippen MR) is 91.2 cm³/mol. The number of aryl methyl sites for hydroxylation is 3. The molecule has 24 heavy (non-hydrogen) atoms. The monoisotopic (exact) mass is 343 g/mol. The van der Waals surface area contributed by atoms with Gasteiger partial charge in [0.2, 0.25) is 11.7 Å². The number of aromatic nitrogens is 2. The summed E-state index contributed by atoms with van der Waals surface area (Å²) >= 11 is 0. The Morgan fingerprint density at radius 2 is 1.83 bits per heavy atom. The van der Waals surface area contributed by atoms with Crippen LogP contribution >= 0.6 is 0 Å². The molecule has 7 heteroatoms. The van der Waals surface area contributed by atoms with Crippen LogP contribution in [0.15, 0.2) is 51.9 Å². The lowest BCUT2D eigenvalue weighted by Crippen LogP contribution is -2.14. The molecule has 0 spiro atoms. The largest absolute Gasteiger partial charge is 0.339 e. The Morgan fingerprint density at radius 3 is 2.54 bits per heavy atom. The lowest BCUT2D eigenvalue weighted by Gasteiger charge is -2.11. The van der Waals surface area contributed by atoms with Gasteiger partial charge in [-0.15, -0.1) is 0 Å². The van der Waals surface area contributed by atoms with Crippen molar-refractivity contribution in [3.8, 4) is 11.4 Å². The molecule has 1 aromatic heterocycles. The van der Waals surface area contributed by atoms with Gasteiger partial charge in [-0.2, -0.15) is 4.98 Å². The normalized spacial score (nSPS) is 11.5. The summed E-state index contributed by atoms with van der Waals surface area (Å²) in [4.78, 5) is 4.26. The maximum absolute atomic E-state index is 12.7. The summed E-state index contributed by atoms with van der Waals surface area (Å²) in [6.45, 7) is 5.45. The van der Waals surface area contributed by atoms with Crippen LogP contribution in [0.3, 0.4) is 0 Å². The van der Waals surface area contributed by atoms with E-state index in [2.05, 4.69) is 14.9 Å². The van der Waals surface area contributed by atoms with E-state index in [9.17, 15) is 8.42 Å². The first-order chi connectivity index (χ1) is 11.3. The third-order valence-corrected chi connectivity index (χ3v) is 4.93. The SMILES string of the molecule is Cc1ccc(C)c(NS(=O)(=O)c2cccc(-c3noc(C)n3)c2)c1. The van der Waals surface area contributed by atoms with E-state index in [1.54, 1.807) is 25.1 Å². The molecule has 0 radical (unpaired) electrons. The van der Waals surface area contributed by atoms with Gasteiger partial charge in [0.15, 0.2) is 0 Å². The van der Waals surface area contributed by atoms with Crippen LogP contribution in [0.1, 0.15) is 17.0 Å². The van der Waals surface area contributed by atoms with E-state index in [0.29, 0.717) is 23.0 Å². The summed E-state index contributed by atoms with van der Waals surface area (Å²) in [7, 11) is -3.71. The van der Waals surface area contributed by atoms with Crippen LogP contribution in [0.2, 0.25) is 0 Å². The van der Waals surface area contributed by atoms with Crippen LogP contribution in [0.5, 0.6) is 0 Å². The van der Waals surface area contributed by atoms with Crippen molar-refractivity contribution < 1.29 is 12.9 Å². The molecule has 0 unspecified atom stereocenters. The quantitative estimate of drug-likeness (QED) is 0.784. The molecule has 6 nitrogen and oxygen atoms in total. The molecule has 0 amide bonds. The molecule has 3 rings (SSSR count). The highest BCUT2D eigenvalue weighted by Crippen LogP contribution is 2.24. The second-order valence-corrected chi connectivity index (χ2v) is 7.27. The number of sulfonamides is 1. The minimum atomic E-state index is -3.71. The van der Waals surface area contributed by atoms with Crippen LogP contribution in [0.4, 0.5) is 5.69 Å². The van der Waals surface area contributed by atoms with E-state index in [1.165, 1.54) is 12.1 Å². The number of hydrogen-bond acceptors (Lipinski definition) is 5. The fraction of sp³-hybridized carbons (Fsp3) is 0.176. The Balaban J connectivity index is 1.97. The molecule has 1 heterocycles. The molecule has 1 N–H and O–H groups in total. The van der Waals surface area contributed by atoms with E-state index < -0.39 is 10.0 Å². The Hall–Kier alpha value is -2.67. The summed E-state index contributed by atoms with van der Waals surface area (Å²) in [5.41, 5.74) is 2.98. The first-order valence-electron chi connectivity index (χ1n) is 7.36. The Morgan fingerprint density at radius 1 is 1.04 bits per heavy atom. The summed E-state index contributed by atoms with van der Waals surface area (Å²) < 4.78 is 32.9. The van der Waals surface area contributed by atoms with Crippen molar-refractivity contribution >= 4 is 15.7 Å². The number of nitrogens with one attached hydrogen (secondary N) is 1. The van der Waals surface area contributed by atoms with Gasteiger partial charge in [-0.05, 0) is 43.2 Å². The zero-order valence-electron chi connectivity index (χ0n) is 13.6. The van der Waals surface area contributed by atoms with Crippen molar-refractivity contribution in [3.63, 3.8) is 0 Å². The van der Waals surface area contributed by atoms with Crippen molar-refractivity contribution in [1.82, 2.24) is 10.1 Å². The summed E-state index contributed by atoms with van der Waals surface area (Å²) in [6, 6.07) is 12.1. The number of hydrogen-bond donors (Lipinski definition) is 1. The van der Waals surface area contributed by atoms with Gasteiger partial charge in [-0.1, -0.05) is 29.4 Å². The molecule has 0 fully saturated rings. The van der Waals surface area contributed by atoms with Crippen molar-refractivity contribution in [1.29, 1.82) is 0 Å². The van der Waals surface area contributed by atoms with E-state index in [1.807, 2.05) is 26.0 Å². The smallest absolute Gasteiger partial charge is 0.261 e. The number of anilines is 1. The van der Waals surface area contributed by atoms with Gasteiger partial charge in [0.1, 0.15) is 0 Å². The van der Waals surface area contributed by atoms with Gasteiger partial charge in [0, 0.05) is 12.5 Å². The van der Waals surface area contributed by atoms with E-state index >= 15 is 0 Å². The molecule has 124 valence electrons. The molecule has 0 saturated carbocycles. The summed E-state index contributed by atoms with van der Waals surface area (Å²) in [5, 5.41) is 3.82. The zero-order chi connectivity index (χ0) is 17.3. The topological polar surface area (TPSA) is 85.1 Å². The first kappa shape index (κ1) is 16.2. The highest BCUT2D eigenvalue weighted by molar-refractivity contribution is 7.92. The van der Waals surface area contributed by atoms with Gasteiger partial charge in [0.25, 0.3) is 10.0 Å². The van der Waals surface area contributed by atoms with Crippen LogP contribution in [-0.2, 0) is 10.0 Å². The first-order valence-corrected chi connectivity index (χ1v) is 8.84. The van der Waals surface area contributed by atoms with E-state index in [0.717, 1.165) is 11.1 Å². The molecule has 0 bridgehead atoms. The highest BCUT2D eigenvalue weighted by atomic mass is 32.2. The van der Waals surface area contributed by atoms with Crippen molar-refractivity contribution in [2.45, 2.75) is 25.7 Å². The summed E-state index contributed by atoms with van der Waals surface area (Å²) in [5.74, 6) is 0.781. The second-order valence-electron chi connectivity index (χ2n) is 5.59. The molecule has 3 aromatic rings. The average Bonchev–Trinajstić information content (AvgIpc) is 2.97. The average molecular weight is 343 g/mol. The fourth-order valence-corrected chi connectivity index (χ4v) is 3.44. The minimum absolute atomic E-state index is 0.142. The lowest BCUT2D eigenvalue weighted by molar-refractivity contribution is 0.394. The molecule has 0 aliphatic rings. The molecule has 0 saturated heterocycles. The molecule has 0 aliphatic carbocycles. The van der Waals surface area contributed by atoms with Gasteiger partial charge in [-0.3, -0.25) is 4.72 Å². The van der Waals surface area contributed by atoms with Gasteiger partial charge < -0.3 is 4.52 Å². The van der Waals surface area contributed by atoms with Crippen molar-refractivity contribution in [2.75, 3.05) is 4.72 Å². The van der Waals surface area contributed by atoms with E-state index in [-0.39, 0.29) is 4.90 Å². The highest BCUT2D eigenvalue weighted by Gasteiger charge is 2.17. The molecular formula is C17H17N3O3S. The molecular weight excluding hydrogens is 326 g/mol. The number of benzene rings is 2. The third-order valence-electron chi connectivity index (χ3n) is 3.57. The van der Waals surface area contributed by atoms with Crippen molar-refractivity contribution in [2.24, 2.45) is 0 Å². The number of nitrogens with zero attached hydrogens (tertiary/aromatic N) is 2. The molecule has 0 atom stereocenters. The van der Waals surface area contributed by atoms with Crippen LogP contribution in [0.25, 0.3) is 11.4 Å². The van der Waals surface area contributed by atoms with Crippen LogP contribution < -0.4 is 4.72 Å². The second kappa shape index (κ2) is 6.09. The van der Waals surface area contributed by atoms with Crippen LogP contribution in [0, 0.1) is 20.8 Å². The maximum atomic E-state index is 12.7. The standard InChI is InChI=1S/C17H17N3O3S/c1-11-7-8-12(2)16(9-11)20-24(21,22)15-6-4-5-14(10-15)17-18-13(3)23-19-17/h4-10,20H,1-3H3. The fourth-order valence-electron chi connectivity index (χ4n) is 2.27. The summed E-state index contributed by atoms with van der Waals surface area (Å²) in [6.07, 6.45) is 0. The lowest BCUT2D eigenvalue weighted by atomic mass is 10.1. The van der Waals surface area contributed by atoms with Crippen molar-refractivity contribution in [3.05, 3.63) is 59.5 Å². The van der Waals surface area contributed by atoms with Gasteiger partial charge in [-0.25, -0.2) is 8.42 Å². The molecule has 2 aromatic carbocycles. The predicted octanol–water partition coefficient (Wildman–Crippen LogP) is 3.46. The van der Waals surface area contributed by atoms with E-state index in [4.69, 9.17) is 4.52 Å². The van der Waals surface area contributed by atoms with Gasteiger partial charge >= 0.3 is 0 Å². The Kier molecular flexibility index (Phi) is 4.11. The maximum Gasteiger partial charge on any atom is 0.261 e. The third kappa shape index (κ3) is 3.30. The Bertz CT molecular complexity index is 994. The molecule has 0 aliphatic heterocycles.